The summed E-state index contributed by atoms with van der Waals surface area (Å²) in [7, 11) is 11.3. The van der Waals surface area contributed by atoms with E-state index in [-0.39, 0.29) is 15.8 Å². The Kier molecular flexibility index (Phi) is 20.0. The van der Waals surface area contributed by atoms with Crippen molar-refractivity contribution in [3.63, 3.8) is 0 Å². The van der Waals surface area contributed by atoms with Gasteiger partial charge in [0.05, 0.1) is 34.0 Å². The Balaban J connectivity index is 0.000000148. The molecule has 0 heterocycles. The third-order valence-corrected chi connectivity index (χ3v) is 25.2. The predicted octanol–water partition coefficient (Wildman–Crippen LogP) is 15.2. The molecule has 48 heavy (non-hydrogen) atoms. The first-order chi connectivity index (χ1) is 23.7. The van der Waals surface area contributed by atoms with Crippen LogP contribution in [0.2, 0.25) is 0 Å². The van der Waals surface area contributed by atoms with E-state index in [4.69, 9.17) is 19.3 Å². The van der Waals surface area contributed by atoms with Crippen molar-refractivity contribution in [3.05, 3.63) is 35.9 Å². The van der Waals surface area contributed by atoms with Gasteiger partial charge < -0.3 is 0 Å². The van der Waals surface area contributed by atoms with E-state index in [1.807, 2.05) is 34.9 Å². The Hall–Kier alpha value is 1.17. The molecule has 1 aromatic rings. The van der Waals surface area contributed by atoms with Crippen LogP contribution in [0.15, 0.2) is 30.3 Å². The van der Waals surface area contributed by atoms with Gasteiger partial charge in [-0.05, 0) is 154 Å². The maximum absolute atomic E-state index is 5.70. The summed E-state index contributed by atoms with van der Waals surface area (Å²) in [6.45, 7) is 0. The molecule has 1 aromatic carbocycles. The van der Waals surface area contributed by atoms with Gasteiger partial charge in [0.25, 0.3) is 0 Å². The molecule has 0 aliphatic heterocycles. The standard InChI is InChI=1S/2C18H33P.C7H6.2ClH.Os/c2*1-4-10-16(11-5-1)19(17-12-6-2-7-13-17)18-14-8-3-9-15-18;1-7-5-3-2-4-6-7;;;/h2*16-18H,1-15H2;1-6H;2*1H;/q;;;;;+2. The van der Waals surface area contributed by atoms with Gasteiger partial charge in [0, 0.05) is 15.8 Å². The van der Waals surface area contributed by atoms with Crippen LogP contribution in [0.3, 0.4) is 0 Å². The Labute approximate surface area is 313 Å². The molecule has 6 aliphatic rings. The van der Waals surface area contributed by atoms with Crippen LogP contribution in [0.1, 0.15) is 198 Å². The summed E-state index contributed by atoms with van der Waals surface area (Å²) in [5, 5.41) is 0. The molecule has 6 fully saturated rings. The molecule has 0 aromatic heterocycles. The van der Waals surface area contributed by atoms with E-state index < -0.39 is 13.8 Å². The van der Waals surface area contributed by atoms with Crippen LogP contribution in [-0.2, 0) is 13.8 Å². The van der Waals surface area contributed by atoms with Crippen LogP contribution in [0, 0.1) is 0 Å². The monoisotopic (exact) mass is 914 g/mol. The zero-order chi connectivity index (χ0) is 33.2. The number of benzene rings is 1. The summed E-state index contributed by atoms with van der Waals surface area (Å²) >= 11 is -1.89. The number of hydrogen-bond acceptors (Lipinski definition) is 0. The summed E-state index contributed by atoms with van der Waals surface area (Å²) in [6, 6.07) is 9.92. The quantitative estimate of drug-likeness (QED) is 0.239. The summed E-state index contributed by atoms with van der Waals surface area (Å²) < 4.78 is 1.96. The Morgan fingerprint density at radius 2 is 0.604 bits per heavy atom. The van der Waals surface area contributed by atoms with Gasteiger partial charge in [0.2, 0.25) is 0 Å². The van der Waals surface area contributed by atoms with Crippen molar-refractivity contribution in [2.24, 2.45) is 0 Å². The molecular weight excluding hydrogens is 840 g/mol. The summed E-state index contributed by atoms with van der Waals surface area (Å²) in [5.74, 6) is 0. The van der Waals surface area contributed by atoms with Crippen LogP contribution in [0.5, 0.6) is 0 Å². The fourth-order valence-corrected chi connectivity index (χ4v) is 24.3. The van der Waals surface area contributed by atoms with Crippen LogP contribution in [0.25, 0.3) is 0 Å². The summed E-state index contributed by atoms with van der Waals surface area (Å²) in [6.07, 6.45) is 47.6. The van der Waals surface area contributed by atoms with Crippen molar-refractivity contribution in [2.75, 3.05) is 0 Å². The van der Waals surface area contributed by atoms with E-state index in [0.29, 0.717) is 0 Å². The second-order valence-electron chi connectivity index (χ2n) is 16.7. The molecule has 0 bridgehead atoms. The molecule has 6 saturated carbocycles. The second kappa shape index (κ2) is 23.8. The Morgan fingerprint density at radius 1 is 0.375 bits per heavy atom. The molecule has 0 unspecified atom stereocenters. The molecular formula is C43H74Cl2OsP2+2. The molecule has 0 radical (unpaired) electrons. The van der Waals surface area contributed by atoms with E-state index in [0.717, 1.165) is 5.56 Å². The zero-order valence-electron chi connectivity index (χ0n) is 30.8. The van der Waals surface area contributed by atoms with Gasteiger partial charge in [-0.3, -0.25) is 0 Å². The van der Waals surface area contributed by atoms with Crippen molar-refractivity contribution in [1.29, 1.82) is 0 Å². The van der Waals surface area contributed by atoms with Crippen molar-refractivity contribution in [2.45, 2.75) is 227 Å². The van der Waals surface area contributed by atoms with Crippen LogP contribution in [0.4, 0.5) is 0 Å². The molecule has 0 N–H and O–H groups in total. The minimum absolute atomic E-state index is 0.0465. The van der Waals surface area contributed by atoms with Gasteiger partial charge in [0.15, 0.2) is 0 Å². The molecule has 0 nitrogen and oxygen atoms in total. The van der Waals surface area contributed by atoms with Crippen LogP contribution < -0.4 is 0 Å². The fraction of sp³-hybridized carbons (Fsp3) is 0.837. The first kappa shape index (κ1) is 40.4. The first-order valence-electron chi connectivity index (χ1n) is 21.3. The normalized spacial score (nSPS) is 25.1. The molecule has 6 aliphatic carbocycles. The fourth-order valence-electron chi connectivity index (χ4n) is 11.2. The Bertz CT molecular complexity index is 840. The van der Waals surface area contributed by atoms with Gasteiger partial charge in [-0.2, -0.15) is 0 Å². The minimum atomic E-state index is -1.89. The third kappa shape index (κ3) is 13.9. The number of rotatable bonds is 7. The van der Waals surface area contributed by atoms with Gasteiger partial charge in [-0.25, -0.2) is 0 Å². The summed E-state index contributed by atoms with van der Waals surface area (Å²) in [5.41, 5.74) is 8.49. The first-order valence-corrected chi connectivity index (χ1v) is 32.5. The van der Waals surface area contributed by atoms with Crippen LogP contribution >= 0.6 is 35.1 Å². The average molecular weight is 914 g/mol. The Morgan fingerprint density at radius 3 is 0.812 bits per heavy atom. The molecule has 0 atom stereocenters. The predicted molar refractivity (Wildman–Crippen MR) is 221 cm³/mol. The molecule has 276 valence electrons. The molecule has 7 rings (SSSR count). The van der Waals surface area contributed by atoms with Crippen LogP contribution in [-0.4, -0.2) is 38.5 Å². The van der Waals surface area contributed by atoms with E-state index >= 15 is 0 Å². The van der Waals surface area contributed by atoms with Crippen molar-refractivity contribution in [3.8, 4) is 0 Å². The van der Waals surface area contributed by atoms with E-state index in [2.05, 4.69) is 0 Å². The van der Waals surface area contributed by atoms with Gasteiger partial charge in [0.1, 0.15) is 0 Å². The third-order valence-electron chi connectivity index (χ3n) is 13.5. The molecule has 0 saturated heterocycles. The molecule has 0 spiro atoms. The zero-order valence-corrected chi connectivity index (χ0v) is 36.8. The average Bonchev–Trinajstić information content (AvgIpc) is 3.15. The summed E-state index contributed by atoms with van der Waals surface area (Å²) in [4.78, 5) is 0. The number of halogens is 2. The SMILES string of the molecule is C1CCC([PH+](C2CCCCC2)C2CCCCC2)CC1.C1CCC([PH+](C2CCCCC2)C2CCCCC2)CC1.[Cl][Os]([Cl])=[CH]c1ccccc1. The molecule has 5 heteroatoms. The van der Waals surface area contributed by atoms with E-state index in [1.54, 1.807) is 193 Å². The van der Waals surface area contributed by atoms with Gasteiger partial charge in [-0.15, -0.1) is 0 Å². The molecule has 0 amide bonds. The van der Waals surface area contributed by atoms with E-state index in [9.17, 15) is 0 Å². The van der Waals surface area contributed by atoms with Crippen molar-refractivity contribution < 1.29 is 13.8 Å². The van der Waals surface area contributed by atoms with Crippen molar-refractivity contribution in [1.82, 2.24) is 0 Å². The van der Waals surface area contributed by atoms with Gasteiger partial charge in [-0.1, -0.05) is 38.5 Å². The topological polar surface area (TPSA) is 0 Å². The maximum atomic E-state index is 5.70. The second-order valence-corrected chi connectivity index (χ2v) is 31.7. The van der Waals surface area contributed by atoms with E-state index in [1.165, 1.54) is 34.0 Å². The van der Waals surface area contributed by atoms with Crippen molar-refractivity contribution >= 4 is 39.7 Å². The van der Waals surface area contributed by atoms with Gasteiger partial charge >= 0.3 is 73.5 Å². The number of hydrogen-bond donors (Lipinski definition) is 0.